The predicted octanol–water partition coefficient (Wildman–Crippen LogP) is 4.98. The number of hydrogen-bond donors (Lipinski definition) is 0. The summed E-state index contributed by atoms with van der Waals surface area (Å²) in [6, 6.07) is 14.6. The highest BCUT2D eigenvalue weighted by Gasteiger charge is 2.18. The molecule has 0 aliphatic heterocycles. The van der Waals surface area contributed by atoms with Gasteiger partial charge in [-0.05, 0) is 30.3 Å². The first-order chi connectivity index (χ1) is 12.6. The highest BCUT2D eigenvalue weighted by molar-refractivity contribution is 9.10. The standard InChI is InChI=1S/C19H15BrN2O3S/c1-13(24)22(17-5-3-2-4-6-17)19-21-16(12-26-19)11-25-18-8-7-15(20)9-14(18)10-23/h2-10,12H,11H2,1H3. The van der Waals surface area contributed by atoms with E-state index in [0.29, 0.717) is 22.1 Å². The SMILES string of the molecule is CC(=O)N(c1ccccc1)c1nc(COc2ccc(Br)cc2C=O)cs1. The Bertz CT molecular complexity index is 928. The first kappa shape index (κ1) is 18.3. The molecule has 3 aromatic rings. The van der Waals surface area contributed by atoms with E-state index in [1.807, 2.05) is 41.8 Å². The largest absolute Gasteiger partial charge is 0.487 e. The molecule has 1 amide bonds. The van der Waals surface area contributed by atoms with Gasteiger partial charge in [-0.25, -0.2) is 4.98 Å². The fourth-order valence-corrected chi connectivity index (χ4v) is 3.61. The lowest BCUT2D eigenvalue weighted by Crippen LogP contribution is -2.22. The van der Waals surface area contributed by atoms with Crippen molar-refractivity contribution in [1.82, 2.24) is 4.98 Å². The Kier molecular flexibility index (Phi) is 5.80. The van der Waals surface area contributed by atoms with Crippen LogP contribution in [0.15, 0.2) is 58.4 Å². The molecule has 2 aromatic carbocycles. The number of nitrogens with zero attached hydrogens (tertiary/aromatic N) is 2. The average molecular weight is 431 g/mol. The molecular weight excluding hydrogens is 416 g/mol. The van der Waals surface area contributed by atoms with E-state index >= 15 is 0 Å². The maximum absolute atomic E-state index is 12.1. The Hall–Kier alpha value is -2.51. The summed E-state index contributed by atoms with van der Waals surface area (Å²) in [6.07, 6.45) is 0.749. The zero-order valence-electron chi connectivity index (χ0n) is 13.9. The third-order valence-corrected chi connectivity index (χ3v) is 4.90. The van der Waals surface area contributed by atoms with Crippen LogP contribution in [0.25, 0.3) is 0 Å². The van der Waals surface area contributed by atoms with Gasteiger partial charge in [0.1, 0.15) is 12.4 Å². The summed E-state index contributed by atoms with van der Waals surface area (Å²) in [4.78, 5) is 29.3. The van der Waals surface area contributed by atoms with Gasteiger partial charge in [-0.3, -0.25) is 14.5 Å². The minimum absolute atomic E-state index is 0.117. The van der Waals surface area contributed by atoms with E-state index in [4.69, 9.17) is 4.74 Å². The van der Waals surface area contributed by atoms with Gasteiger partial charge in [-0.2, -0.15) is 0 Å². The highest BCUT2D eigenvalue weighted by atomic mass is 79.9. The van der Waals surface area contributed by atoms with Gasteiger partial charge in [0, 0.05) is 16.8 Å². The number of para-hydroxylation sites is 1. The van der Waals surface area contributed by atoms with Gasteiger partial charge in [0.05, 0.1) is 16.9 Å². The number of carbonyl (C=O) groups excluding carboxylic acids is 2. The highest BCUT2D eigenvalue weighted by Crippen LogP contribution is 2.29. The number of benzene rings is 2. The molecule has 1 aromatic heterocycles. The molecule has 0 atom stereocenters. The Balaban J connectivity index is 1.77. The number of carbonyl (C=O) groups is 2. The number of aromatic nitrogens is 1. The van der Waals surface area contributed by atoms with Crippen molar-refractivity contribution in [3.63, 3.8) is 0 Å². The minimum atomic E-state index is -0.117. The first-order valence-corrected chi connectivity index (χ1v) is 9.43. The molecule has 0 saturated carbocycles. The summed E-state index contributed by atoms with van der Waals surface area (Å²) in [6.45, 7) is 1.71. The van der Waals surface area contributed by atoms with Crippen LogP contribution in [0.2, 0.25) is 0 Å². The third kappa shape index (κ3) is 4.17. The average Bonchev–Trinajstić information content (AvgIpc) is 3.09. The van der Waals surface area contributed by atoms with E-state index in [9.17, 15) is 9.59 Å². The van der Waals surface area contributed by atoms with Crippen LogP contribution in [0.1, 0.15) is 23.0 Å². The van der Waals surface area contributed by atoms with Crippen LogP contribution in [0.5, 0.6) is 5.75 Å². The van der Waals surface area contributed by atoms with E-state index in [0.717, 1.165) is 16.4 Å². The van der Waals surface area contributed by atoms with Crippen molar-refractivity contribution in [1.29, 1.82) is 0 Å². The molecule has 3 rings (SSSR count). The molecule has 7 heteroatoms. The first-order valence-electron chi connectivity index (χ1n) is 7.76. The molecule has 0 unspecified atom stereocenters. The van der Waals surface area contributed by atoms with E-state index in [1.165, 1.54) is 18.3 Å². The summed E-state index contributed by atoms with van der Waals surface area (Å²) in [5, 5.41) is 2.42. The fraction of sp³-hybridized carbons (Fsp3) is 0.105. The van der Waals surface area contributed by atoms with Crippen molar-refractivity contribution in [3.8, 4) is 5.75 Å². The third-order valence-electron chi connectivity index (χ3n) is 3.53. The van der Waals surface area contributed by atoms with Crippen molar-refractivity contribution in [3.05, 3.63) is 69.6 Å². The molecule has 0 aliphatic carbocycles. The van der Waals surface area contributed by atoms with Gasteiger partial charge in [0.15, 0.2) is 11.4 Å². The lowest BCUT2D eigenvalue weighted by atomic mass is 10.2. The van der Waals surface area contributed by atoms with Crippen molar-refractivity contribution in [2.75, 3.05) is 4.90 Å². The zero-order chi connectivity index (χ0) is 18.5. The van der Waals surface area contributed by atoms with E-state index in [1.54, 1.807) is 17.0 Å². The normalized spacial score (nSPS) is 10.4. The van der Waals surface area contributed by atoms with Crippen LogP contribution >= 0.6 is 27.3 Å². The number of rotatable bonds is 6. The van der Waals surface area contributed by atoms with Crippen LogP contribution in [0, 0.1) is 0 Å². The topological polar surface area (TPSA) is 59.5 Å². The van der Waals surface area contributed by atoms with Crippen molar-refractivity contribution >= 4 is 50.3 Å². The molecular formula is C19H15BrN2O3S. The van der Waals surface area contributed by atoms with Gasteiger partial charge < -0.3 is 4.74 Å². The van der Waals surface area contributed by atoms with Crippen molar-refractivity contribution < 1.29 is 14.3 Å². The number of ether oxygens (including phenoxy) is 1. The number of anilines is 2. The molecule has 1 heterocycles. The number of halogens is 1. The smallest absolute Gasteiger partial charge is 0.230 e. The summed E-state index contributed by atoms with van der Waals surface area (Å²) in [5.74, 6) is 0.374. The van der Waals surface area contributed by atoms with Crippen LogP contribution in [-0.2, 0) is 11.4 Å². The van der Waals surface area contributed by atoms with Gasteiger partial charge in [0.25, 0.3) is 0 Å². The second-order valence-corrected chi connectivity index (χ2v) is 7.15. The summed E-state index contributed by atoms with van der Waals surface area (Å²) < 4.78 is 6.53. The maximum atomic E-state index is 12.1. The molecule has 0 spiro atoms. The summed E-state index contributed by atoms with van der Waals surface area (Å²) >= 11 is 4.69. The summed E-state index contributed by atoms with van der Waals surface area (Å²) in [7, 11) is 0. The Morgan fingerprint density at radius 3 is 2.73 bits per heavy atom. The van der Waals surface area contributed by atoms with Gasteiger partial charge in [-0.15, -0.1) is 11.3 Å². The maximum Gasteiger partial charge on any atom is 0.230 e. The Morgan fingerprint density at radius 1 is 1.27 bits per heavy atom. The number of amides is 1. The molecule has 0 radical (unpaired) electrons. The fourth-order valence-electron chi connectivity index (χ4n) is 2.36. The molecule has 132 valence electrons. The van der Waals surface area contributed by atoms with Crippen LogP contribution < -0.4 is 9.64 Å². The van der Waals surface area contributed by atoms with Crippen LogP contribution in [-0.4, -0.2) is 17.2 Å². The Labute approximate surface area is 163 Å². The molecule has 0 saturated heterocycles. The minimum Gasteiger partial charge on any atom is -0.487 e. The molecule has 26 heavy (non-hydrogen) atoms. The van der Waals surface area contributed by atoms with Gasteiger partial charge in [0.2, 0.25) is 5.91 Å². The zero-order valence-corrected chi connectivity index (χ0v) is 16.3. The van der Waals surface area contributed by atoms with Crippen LogP contribution in [0.3, 0.4) is 0 Å². The lowest BCUT2D eigenvalue weighted by Gasteiger charge is -2.17. The molecule has 0 fully saturated rings. The number of aldehydes is 1. The summed E-state index contributed by atoms with van der Waals surface area (Å²) in [5.41, 5.74) is 1.91. The second kappa shape index (κ2) is 8.25. The molecule has 0 aliphatic rings. The molecule has 5 nitrogen and oxygen atoms in total. The van der Waals surface area contributed by atoms with E-state index in [2.05, 4.69) is 20.9 Å². The monoisotopic (exact) mass is 430 g/mol. The predicted molar refractivity (Wildman–Crippen MR) is 105 cm³/mol. The van der Waals surface area contributed by atoms with Gasteiger partial charge in [-0.1, -0.05) is 34.1 Å². The van der Waals surface area contributed by atoms with E-state index < -0.39 is 0 Å². The number of hydrogen-bond acceptors (Lipinski definition) is 5. The Morgan fingerprint density at radius 2 is 2.04 bits per heavy atom. The van der Waals surface area contributed by atoms with Crippen molar-refractivity contribution in [2.45, 2.75) is 13.5 Å². The lowest BCUT2D eigenvalue weighted by molar-refractivity contribution is -0.115. The molecule has 0 bridgehead atoms. The second-order valence-electron chi connectivity index (χ2n) is 5.40. The van der Waals surface area contributed by atoms with Crippen LogP contribution in [0.4, 0.5) is 10.8 Å². The number of thiazole rings is 1. The molecule has 0 N–H and O–H groups in total. The van der Waals surface area contributed by atoms with Crippen molar-refractivity contribution in [2.24, 2.45) is 0 Å². The van der Waals surface area contributed by atoms with E-state index in [-0.39, 0.29) is 12.5 Å². The quantitative estimate of drug-likeness (QED) is 0.517. The van der Waals surface area contributed by atoms with Gasteiger partial charge >= 0.3 is 0 Å².